The van der Waals surface area contributed by atoms with Gasteiger partial charge in [-0.15, -0.1) is 0 Å². The van der Waals surface area contributed by atoms with E-state index in [0.29, 0.717) is 12.2 Å². The van der Waals surface area contributed by atoms with Crippen molar-refractivity contribution in [2.45, 2.75) is 13.3 Å². The first-order valence-corrected chi connectivity index (χ1v) is 5.70. The van der Waals surface area contributed by atoms with E-state index in [1.165, 1.54) is 5.56 Å². The lowest BCUT2D eigenvalue weighted by Crippen LogP contribution is -2.07. The van der Waals surface area contributed by atoms with Gasteiger partial charge in [0.05, 0.1) is 19.8 Å². The lowest BCUT2D eigenvalue weighted by atomic mass is 10.2. The number of benzene rings is 1. The molecule has 1 rings (SSSR count). The second-order valence-electron chi connectivity index (χ2n) is 3.60. The minimum Gasteiger partial charge on any atom is -0.462 e. The van der Waals surface area contributed by atoms with Crippen molar-refractivity contribution in [3.05, 3.63) is 48.0 Å². The van der Waals surface area contributed by atoms with Crippen LogP contribution in [-0.4, -0.2) is 36.0 Å². The summed E-state index contributed by atoms with van der Waals surface area (Å²) in [6.45, 7) is 5.31. The molecule has 4 nitrogen and oxygen atoms in total. The fourth-order valence-electron chi connectivity index (χ4n) is 1.03. The average Bonchev–Trinajstić information content (AvgIpc) is 2.40. The standard InChI is InChI=1S/C12H14O2.C2H6O2/c1-10(2)12(13)14-9-8-11-6-4-3-5-7-11;3-1-2-4/h3-7H,1,8-9H2,2H3;3-4H,1-2H2. The van der Waals surface area contributed by atoms with Crippen molar-refractivity contribution >= 4 is 5.97 Å². The number of esters is 1. The van der Waals surface area contributed by atoms with Crippen LogP contribution in [0, 0.1) is 0 Å². The molecule has 100 valence electrons. The molecule has 0 bridgehead atoms. The van der Waals surface area contributed by atoms with Gasteiger partial charge < -0.3 is 14.9 Å². The molecule has 0 radical (unpaired) electrons. The van der Waals surface area contributed by atoms with Crippen molar-refractivity contribution in [2.75, 3.05) is 19.8 Å². The molecule has 0 saturated carbocycles. The molecule has 0 spiro atoms. The lowest BCUT2D eigenvalue weighted by Gasteiger charge is -2.03. The summed E-state index contributed by atoms with van der Waals surface area (Å²) in [4.78, 5) is 11.0. The molecule has 18 heavy (non-hydrogen) atoms. The van der Waals surface area contributed by atoms with Crippen LogP contribution in [0.15, 0.2) is 42.5 Å². The molecular weight excluding hydrogens is 232 g/mol. The molecule has 0 aromatic heterocycles. The maximum absolute atomic E-state index is 11.0. The van der Waals surface area contributed by atoms with Crippen molar-refractivity contribution in [3.63, 3.8) is 0 Å². The molecule has 0 aliphatic rings. The molecule has 0 aliphatic heterocycles. The van der Waals surface area contributed by atoms with E-state index in [0.717, 1.165) is 6.42 Å². The normalized spacial score (nSPS) is 9.06. The van der Waals surface area contributed by atoms with Crippen LogP contribution in [0.25, 0.3) is 0 Å². The maximum Gasteiger partial charge on any atom is 0.333 e. The van der Waals surface area contributed by atoms with E-state index in [9.17, 15) is 4.79 Å². The number of aliphatic hydroxyl groups excluding tert-OH is 2. The smallest absolute Gasteiger partial charge is 0.333 e. The molecule has 4 heteroatoms. The van der Waals surface area contributed by atoms with Gasteiger partial charge in [0.15, 0.2) is 0 Å². The zero-order valence-electron chi connectivity index (χ0n) is 10.6. The molecule has 0 unspecified atom stereocenters. The van der Waals surface area contributed by atoms with E-state index in [1.807, 2.05) is 30.3 Å². The molecule has 1 aromatic rings. The molecule has 1 aromatic carbocycles. The number of hydrogen-bond acceptors (Lipinski definition) is 4. The summed E-state index contributed by atoms with van der Waals surface area (Å²) >= 11 is 0. The number of ether oxygens (including phenoxy) is 1. The van der Waals surface area contributed by atoms with Crippen molar-refractivity contribution < 1.29 is 19.7 Å². The summed E-state index contributed by atoms with van der Waals surface area (Å²) in [5.41, 5.74) is 1.61. The van der Waals surface area contributed by atoms with Crippen LogP contribution < -0.4 is 0 Å². The fourth-order valence-corrected chi connectivity index (χ4v) is 1.03. The highest BCUT2D eigenvalue weighted by molar-refractivity contribution is 5.86. The molecule has 0 fully saturated rings. The average molecular weight is 252 g/mol. The second-order valence-corrected chi connectivity index (χ2v) is 3.60. The van der Waals surface area contributed by atoms with Crippen LogP contribution in [0.1, 0.15) is 12.5 Å². The Kier molecular flexibility index (Phi) is 9.54. The summed E-state index contributed by atoms with van der Waals surface area (Å²) in [7, 11) is 0. The first-order valence-electron chi connectivity index (χ1n) is 5.70. The number of rotatable bonds is 5. The van der Waals surface area contributed by atoms with Gasteiger partial charge in [-0.1, -0.05) is 36.9 Å². The first-order chi connectivity index (χ1) is 8.61. The third kappa shape index (κ3) is 8.50. The molecule has 0 heterocycles. The van der Waals surface area contributed by atoms with Gasteiger partial charge in [0.25, 0.3) is 0 Å². The molecule has 0 aliphatic carbocycles. The van der Waals surface area contributed by atoms with Crippen molar-refractivity contribution in [1.29, 1.82) is 0 Å². The van der Waals surface area contributed by atoms with Crippen molar-refractivity contribution in [2.24, 2.45) is 0 Å². The summed E-state index contributed by atoms with van der Waals surface area (Å²) < 4.78 is 4.97. The van der Waals surface area contributed by atoms with E-state index in [4.69, 9.17) is 14.9 Å². The van der Waals surface area contributed by atoms with Gasteiger partial charge in [0.1, 0.15) is 0 Å². The van der Waals surface area contributed by atoms with Crippen LogP contribution in [-0.2, 0) is 16.0 Å². The van der Waals surface area contributed by atoms with Crippen LogP contribution in [0.3, 0.4) is 0 Å². The molecule has 0 amide bonds. The highest BCUT2D eigenvalue weighted by atomic mass is 16.5. The lowest BCUT2D eigenvalue weighted by molar-refractivity contribution is -0.138. The Hall–Kier alpha value is -1.65. The van der Waals surface area contributed by atoms with Gasteiger partial charge in [-0.25, -0.2) is 4.79 Å². The number of carbonyl (C=O) groups is 1. The summed E-state index contributed by atoms with van der Waals surface area (Å²) in [5.74, 6) is -0.319. The van der Waals surface area contributed by atoms with Crippen LogP contribution in [0.4, 0.5) is 0 Å². The Morgan fingerprint density at radius 2 is 1.78 bits per heavy atom. The Bertz CT molecular complexity index is 344. The topological polar surface area (TPSA) is 66.8 Å². The highest BCUT2D eigenvalue weighted by Crippen LogP contribution is 2.00. The molecule has 0 atom stereocenters. The van der Waals surface area contributed by atoms with Crippen molar-refractivity contribution in [3.8, 4) is 0 Å². The van der Waals surface area contributed by atoms with Gasteiger partial charge in [0.2, 0.25) is 0 Å². The van der Waals surface area contributed by atoms with Gasteiger partial charge >= 0.3 is 5.97 Å². The minimum atomic E-state index is -0.319. The number of carbonyl (C=O) groups excluding carboxylic acids is 1. The maximum atomic E-state index is 11.0. The third-order valence-electron chi connectivity index (χ3n) is 1.92. The number of aliphatic hydroxyl groups is 2. The zero-order chi connectivity index (χ0) is 13.8. The number of hydrogen-bond donors (Lipinski definition) is 2. The van der Waals surface area contributed by atoms with Crippen LogP contribution in [0.5, 0.6) is 0 Å². The van der Waals surface area contributed by atoms with Crippen LogP contribution in [0.2, 0.25) is 0 Å². The molecular formula is C14H20O4. The summed E-state index contributed by atoms with van der Waals surface area (Å²) in [6, 6.07) is 9.92. The quantitative estimate of drug-likeness (QED) is 0.612. The van der Waals surface area contributed by atoms with E-state index in [2.05, 4.69) is 6.58 Å². The third-order valence-corrected chi connectivity index (χ3v) is 1.92. The minimum absolute atomic E-state index is 0.125. The van der Waals surface area contributed by atoms with Crippen molar-refractivity contribution in [1.82, 2.24) is 0 Å². The predicted molar refractivity (Wildman–Crippen MR) is 70.1 cm³/mol. The van der Waals surface area contributed by atoms with Gasteiger partial charge in [0, 0.05) is 12.0 Å². The van der Waals surface area contributed by atoms with E-state index >= 15 is 0 Å². The monoisotopic (exact) mass is 252 g/mol. The van der Waals surface area contributed by atoms with Gasteiger partial charge in [-0.2, -0.15) is 0 Å². The van der Waals surface area contributed by atoms with Gasteiger partial charge in [-0.05, 0) is 12.5 Å². The fraction of sp³-hybridized carbons (Fsp3) is 0.357. The largest absolute Gasteiger partial charge is 0.462 e. The SMILES string of the molecule is C=C(C)C(=O)OCCc1ccccc1.OCCO. The summed E-state index contributed by atoms with van der Waals surface area (Å²) in [5, 5.41) is 15.2. The second kappa shape index (κ2) is 10.5. The highest BCUT2D eigenvalue weighted by Gasteiger charge is 2.01. The predicted octanol–water partition coefficient (Wildman–Crippen LogP) is 1.32. The van der Waals surface area contributed by atoms with Gasteiger partial charge in [-0.3, -0.25) is 0 Å². The Morgan fingerprint density at radius 3 is 2.22 bits per heavy atom. The van der Waals surface area contributed by atoms with Crippen LogP contribution >= 0.6 is 0 Å². The Labute approximate surface area is 108 Å². The molecule has 0 saturated heterocycles. The van der Waals surface area contributed by atoms with E-state index in [1.54, 1.807) is 6.92 Å². The zero-order valence-corrected chi connectivity index (χ0v) is 10.6. The first kappa shape index (κ1) is 16.4. The Morgan fingerprint density at radius 1 is 1.22 bits per heavy atom. The summed E-state index contributed by atoms with van der Waals surface area (Å²) in [6.07, 6.45) is 0.750. The molecule has 2 N–H and O–H groups in total. The van der Waals surface area contributed by atoms with E-state index < -0.39 is 0 Å². The Balaban J connectivity index is 0.000000631. The van der Waals surface area contributed by atoms with E-state index in [-0.39, 0.29) is 19.2 Å².